The highest BCUT2D eigenvalue weighted by Crippen LogP contribution is 2.22. The molecule has 0 fully saturated rings. The Kier molecular flexibility index (Phi) is 5.66. The highest BCUT2D eigenvalue weighted by atomic mass is 19.1. The molecular formula is C24H21FN4O. The van der Waals surface area contributed by atoms with Crippen LogP contribution in [0.5, 0.6) is 0 Å². The number of aryl methyl sites for hydroxylation is 1. The Balaban J connectivity index is 1.61. The molecule has 2 aromatic heterocycles. The molecule has 0 aliphatic heterocycles. The third-order valence-electron chi connectivity index (χ3n) is 4.75. The maximum atomic E-state index is 13.3. The van der Waals surface area contributed by atoms with Crippen molar-refractivity contribution in [2.24, 2.45) is 0 Å². The molecule has 0 unspecified atom stereocenters. The maximum Gasteiger partial charge on any atom is 0.270 e. The molecule has 6 heteroatoms. The van der Waals surface area contributed by atoms with Crippen molar-refractivity contribution in [2.75, 3.05) is 6.54 Å². The molecule has 1 N–H and O–H groups in total. The van der Waals surface area contributed by atoms with Crippen molar-refractivity contribution in [3.05, 3.63) is 102 Å². The van der Waals surface area contributed by atoms with E-state index in [1.54, 1.807) is 29.1 Å². The monoisotopic (exact) mass is 400 g/mol. The predicted molar refractivity (Wildman–Crippen MR) is 114 cm³/mol. The van der Waals surface area contributed by atoms with Crippen LogP contribution < -0.4 is 5.32 Å². The second kappa shape index (κ2) is 8.69. The first-order valence-corrected chi connectivity index (χ1v) is 9.71. The van der Waals surface area contributed by atoms with Gasteiger partial charge in [0.05, 0.1) is 11.4 Å². The van der Waals surface area contributed by atoms with Gasteiger partial charge in [0.2, 0.25) is 0 Å². The van der Waals surface area contributed by atoms with E-state index < -0.39 is 0 Å². The Labute approximate surface area is 174 Å². The van der Waals surface area contributed by atoms with Crippen LogP contribution in [0, 0.1) is 12.7 Å². The fourth-order valence-corrected chi connectivity index (χ4v) is 3.13. The molecule has 1 amide bonds. The number of nitrogens with zero attached hydrogens (tertiary/aromatic N) is 3. The van der Waals surface area contributed by atoms with Crippen molar-refractivity contribution in [1.29, 1.82) is 0 Å². The highest BCUT2D eigenvalue weighted by molar-refractivity contribution is 5.94. The molecule has 4 aromatic rings. The van der Waals surface area contributed by atoms with Gasteiger partial charge in [0, 0.05) is 30.4 Å². The molecule has 0 spiro atoms. The van der Waals surface area contributed by atoms with Gasteiger partial charge in [-0.2, -0.15) is 5.10 Å². The quantitative estimate of drug-likeness (QED) is 0.523. The van der Waals surface area contributed by atoms with Crippen molar-refractivity contribution in [1.82, 2.24) is 20.1 Å². The molecule has 30 heavy (non-hydrogen) atoms. The van der Waals surface area contributed by atoms with E-state index in [0.29, 0.717) is 24.4 Å². The van der Waals surface area contributed by atoms with Crippen LogP contribution in [-0.4, -0.2) is 27.2 Å². The lowest BCUT2D eigenvalue weighted by atomic mass is 10.1. The van der Waals surface area contributed by atoms with E-state index in [0.717, 1.165) is 22.5 Å². The number of pyridine rings is 1. The van der Waals surface area contributed by atoms with Crippen LogP contribution in [0.4, 0.5) is 4.39 Å². The topological polar surface area (TPSA) is 59.8 Å². The van der Waals surface area contributed by atoms with Crippen LogP contribution in [0.1, 0.15) is 21.7 Å². The Morgan fingerprint density at radius 2 is 1.80 bits per heavy atom. The van der Waals surface area contributed by atoms with E-state index in [1.807, 2.05) is 49.4 Å². The van der Waals surface area contributed by atoms with E-state index in [4.69, 9.17) is 0 Å². The van der Waals surface area contributed by atoms with Crippen LogP contribution in [0.15, 0.2) is 79.0 Å². The largest absolute Gasteiger partial charge is 0.350 e. The fourth-order valence-electron chi connectivity index (χ4n) is 3.13. The zero-order valence-electron chi connectivity index (χ0n) is 16.5. The zero-order chi connectivity index (χ0) is 20.9. The Hall–Kier alpha value is -3.80. The summed E-state index contributed by atoms with van der Waals surface area (Å²) in [5, 5.41) is 7.56. The molecule has 2 heterocycles. The molecule has 5 nitrogen and oxygen atoms in total. The third-order valence-corrected chi connectivity index (χ3v) is 4.75. The summed E-state index contributed by atoms with van der Waals surface area (Å²) in [6.45, 7) is 2.46. The lowest BCUT2D eigenvalue weighted by Crippen LogP contribution is -2.28. The standard InChI is InChI=1S/C24H21FN4O/c1-17-5-11-21(12-6-17)29-23(16-22(28-29)18-7-9-19(25)10-8-18)24(30)27-15-13-20-4-2-3-14-26-20/h2-12,14,16H,13,15H2,1H3,(H,27,30). The lowest BCUT2D eigenvalue weighted by molar-refractivity contribution is 0.0946. The summed E-state index contributed by atoms with van der Waals surface area (Å²) in [6, 6.07) is 21.3. The molecule has 4 rings (SSSR count). The minimum absolute atomic E-state index is 0.229. The molecule has 0 atom stereocenters. The average Bonchev–Trinajstić information content (AvgIpc) is 3.21. The number of hydrogen-bond acceptors (Lipinski definition) is 3. The Bertz CT molecular complexity index is 1140. The van der Waals surface area contributed by atoms with Gasteiger partial charge in [-0.15, -0.1) is 0 Å². The van der Waals surface area contributed by atoms with Crippen molar-refractivity contribution < 1.29 is 9.18 Å². The van der Waals surface area contributed by atoms with Crippen LogP contribution in [0.2, 0.25) is 0 Å². The second-order valence-corrected chi connectivity index (χ2v) is 7.00. The highest BCUT2D eigenvalue weighted by Gasteiger charge is 2.17. The Morgan fingerprint density at radius 1 is 1.03 bits per heavy atom. The van der Waals surface area contributed by atoms with Gasteiger partial charge in [-0.25, -0.2) is 9.07 Å². The van der Waals surface area contributed by atoms with Crippen LogP contribution in [0.25, 0.3) is 16.9 Å². The van der Waals surface area contributed by atoms with Gasteiger partial charge in [0.1, 0.15) is 11.5 Å². The number of hydrogen-bond donors (Lipinski definition) is 1. The SMILES string of the molecule is Cc1ccc(-n2nc(-c3ccc(F)cc3)cc2C(=O)NCCc2ccccn2)cc1. The lowest BCUT2D eigenvalue weighted by Gasteiger charge is -2.08. The first kappa shape index (κ1) is 19.5. The van der Waals surface area contributed by atoms with Crippen LogP contribution in [-0.2, 0) is 6.42 Å². The van der Waals surface area contributed by atoms with Gasteiger partial charge in [0.25, 0.3) is 5.91 Å². The van der Waals surface area contributed by atoms with Crippen molar-refractivity contribution in [3.63, 3.8) is 0 Å². The number of halogens is 1. The summed E-state index contributed by atoms with van der Waals surface area (Å²) in [4.78, 5) is 17.2. The number of carbonyl (C=O) groups excluding carboxylic acids is 1. The predicted octanol–water partition coefficient (Wildman–Crippen LogP) is 4.35. The van der Waals surface area contributed by atoms with E-state index in [2.05, 4.69) is 15.4 Å². The third kappa shape index (κ3) is 4.43. The molecule has 0 aliphatic rings. The van der Waals surface area contributed by atoms with E-state index in [-0.39, 0.29) is 11.7 Å². The second-order valence-electron chi connectivity index (χ2n) is 7.00. The molecular weight excluding hydrogens is 379 g/mol. The molecule has 0 saturated heterocycles. The van der Waals surface area contributed by atoms with E-state index in [1.165, 1.54) is 12.1 Å². The maximum absolute atomic E-state index is 13.3. The molecule has 2 aromatic carbocycles. The van der Waals surface area contributed by atoms with Crippen LogP contribution >= 0.6 is 0 Å². The Morgan fingerprint density at radius 3 is 2.50 bits per heavy atom. The van der Waals surface area contributed by atoms with Crippen molar-refractivity contribution in [2.45, 2.75) is 13.3 Å². The molecule has 0 saturated carbocycles. The first-order chi connectivity index (χ1) is 14.6. The molecule has 0 bridgehead atoms. The smallest absolute Gasteiger partial charge is 0.270 e. The summed E-state index contributed by atoms with van der Waals surface area (Å²) in [7, 11) is 0. The summed E-state index contributed by atoms with van der Waals surface area (Å²) < 4.78 is 14.9. The minimum Gasteiger partial charge on any atom is -0.350 e. The number of benzene rings is 2. The summed E-state index contributed by atoms with van der Waals surface area (Å²) in [6.07, 6.45) is 2.37. The number of aromatic nitrogens is 3. The number of carbonyl (C=O) groups is 1. The molecule has 0 radical (unpaired) electrons. The average molecular weight is 400 g/mol. The van der Waals surface area contributed by atoms with Gasteiger partial charge in [-0.3, -0.25) is 9.78 Å². The minimum atomic E-state index is -0.316. The summed E-state index contributed by atoms with van der Waals surface area (Å²) in [5.74, 6) is -0.545. The zero-order valence-corrected chi connectivity index (χ0v) is 16.5. The number of rotatable bonds is 6. The van der Waals surface area contributed by atoms with E-state index >= 15 is 0 Å². The fraction of sp³-hybridized carbons (Fsp3) is 0.125. The van der Waals surface area contributed by atoms with E-state index in [9.17, 15) is 9.18 Å². The van der Waals surface area contributed by atoms with Gasteiger partial charge in [0.15, 0.2) is 0 Å². The number of amides is 1. The number of nitrogens with one attached hydrogen (secondary N) is 1. The first-order valence-electron chi connectivity index (χ1n) is 9.71. The normalized spacial score (nSPS) is 10.7. The van der Waals surface area contributed by atoms with Gasteiger partial charge >= 0.3 is 0 Å². The van der Waals surface area contributed by atoms with Crippen molar-refractivity contribution >= 4 is 5.91 Å². The van der Waals surface area contributed by atoms with Gasteiger partial charge in [-0.05, 0) is 61.5 Å². The summed E-state index contributed by atoms with van der Waals surface area (Å²) in [5.41, 5.74) is 4.57. The van der Waals surface area contributed by atoms with Gasteiger partial charge in [-0.1, -0.05) is 23.8 Å². The summed E-state index contributed by atoms with van der Waals surface area (Å²) >= 11 is 0. The van der Waals surface area contributed by atoms with Crippen molar-refractivity contribution in [3.8, 4) is 16.9 Å². The molecule has 0 aliphatic carbocycles. The molecule has 150 valence electrons. The van der Waals surface area contributed by atoms with Gasteiger partial charge < -0.3 is 5.32 Å². The van der Waals surface area contributed by atoms with Crippen LogP contribution in [0.3, 0.4) is 0 Å².